The van der Waals surface area contributed by atoms with Gasteiger partial charge in [0, 0.05) is 12.4 Å². The maximum atomic E-state index is 13.1. The van der Waals surface area contributed by atoms with Crippen molar-refractivity contribution >= 4 is 29.4 Å². The van der Waals surface area contributed by atoms with Crippen molar-refractivity contribution in [1.29, 1.82) is 0 Å². The fourth-order valence-electron chi connectivity index (χ4n) is 5.38. The summed E-state index contributed by atoms with van der Waals surface area (Å²) in [7, 11) is 0. The van der Waals surface area contributed by atoms with E-state index in [9.17, 15) is 4.79 Å². The molecule has 2 aliphatic rings. The summed E-state index contributed by atoms with van der Waals surface area (Å²) in [6.07, 6.45) is 4.47. The smallest absolute Gasteiger partial charge is 0.243 e. The van der Waals surface area contributed by atoms with Crippen LogP contribution in [-0.2, 0) is 19.1 Å². The summed E-state index contributed by atoms with van der Waals surface area (Å²) >= 11 is 3.82. The molecule has 0 spiro atoms. The molecule has 2 unspecified atom stereocenters. The van der Waals surface area contributed by atoms with Gasteiger partial charge in [0.25, 0.3) is 0 Å². The van der Waals surface area contributed by atoms with E-state index in [1.807, 2.05) is 90.4 Å². The summed E-state index contributed by atoms with van der Waals surface area (Å²) < 4.78 is 6.30. The lowest BCUT2D eigenvalue weighted by molar-refractivity contribution is -0.148. The third kappa shape index (κ3) is 5.12. The molecule has 2 aliphatic heterocycles. The molecular weight excluding hydrogens is 523 g/mol. The number of benzene rings is 3. The molecule has 0 saturated carbocycles. The Labute approximate surface area is 238 Å². The SMILES string of the molecule is O=C1NC(OCC2(c3cccnc3)SCCCS2)C1NC(c1ccccc1)(c1ccccc1)c1ccccc1. The molecule has 5 nitrogen and oxygen atoms in total. The molecule has 3 aromatic carbocycles. The van der Waals surface area contributed by atoms with Gasteiger partial charge < -0.3 is 10.1 Å². The van der Waals surface area contributed by atoms with Gasteiger partial charge in [-0.05, 0) is 46.2 Å². The van der Waals surface area contributed by atoms with Crippen LogP contribution >= 0.6 is 23.5 Å². The number of pyridine rings is 1. The van der Waals surface area contributed by atoms with Gasteiger partial charge in [0.2, 0.25) is 5.91 Å². The summed E-state index contributed by atoms with van der Waals surface area (Å²) in [6, 6.07) is 34.6. The summed E-state index contributed by atoms with van der Waals surface area (Å²) in [6.45, 7) is 0.478. The highest BCUT2D eigenvalue weighted by Gasteiger charge is 2.49. The van der Waals surface area contributed by atoms with Gasteiger partial charge in [0.1, 0.15) is 10.1 Å². The molecule has 1 amide bonds. The van der Waals surface area contributed by atoms with Crippen molar-refractivity contribution < 1.29 is 9.53 Å². The molecule has 198 valence electrons. The average Bonchev–Trinajstić information content (AvgIpc) is 3.02. The lowest BCUT2D eigenvalue weighted by Crippen LogP contribution is -2.72. The highest BCUT2D eigenvalue weighted by molar-refractivity contribution is 8.18. The zero-order valence-corrected chi connectivity index (χ0v) is 23.2. The number of β-lactam (4-membered cyclic amide) rings is 1. The molecular formula is C32H31N3O2S2. The lowest BCUT2D eigenvalue weighted by atomic mass is 9.76. The van der Waals surface area contributed by atoms with Crippen LogP contribution in [0.25, 0.3) is 0 Å². The average molecular weight is 554 g/mol. The first-order valence-corrected chi connectivity index (χ1v) is 15.2. The lowest BCUT2D eigenvalue weighted by Gasteiger charge is -2.46. The van der Waals surface area contributed by atoms with E-state index in [1.54, 1.807) is 6.20 Å². The number of hydrogen-bond acceptors (Lipinski definition) is 6. The highest BCUT2D eigenvalue weighted by atomic mass is 32.2. The molecule has 4 aromatic rings. The van der Waals surface area contributed by atoms with Crippen LogP contribution in [0.1, 0.15) is 28.7 Å². The minimum Gasteiger partial charge on any atom is -0.354 e. The topological polar surface area (TPSA) is 63.2 Å². The second kappa shape index (κ2) is 11.6. The molecule has 2 saturated heterocycles. The Morgan fingerprint density at radius 3 is 1.90 bits per heavy atom. The van der Waals surface area contributed by atoms with Crippen LogP contribution in [0, 0.1) is 0 Å². The van der Waals surface area contributed by atoms with Gasteiger partial charge in [0.15, 0.2) is 6.23 Å². The van der Waals surface area contributed by atoms with E-state index in [-0.39, 0.29) is 9.99 Å². The van der Waals surface area contributed by atoms with Crippen molar-refractivity contribution in [3.63, 3.8) is 0 Å². The normalized spacial score (nSPS) is 20.6. The van der Waals surface area contributed by atoms with Crippen LogP contribution in [0.3, 0.4) is 0 Å². The number of amides is 1. The third-order valence-corrected chi connectivity index (χ3v) is 10.7. The van der Waals surface area contributed by atoms with Gasteiger partial charge in [-0.3, -0.25) is 15.1 Å². The second-order valence-corrected chi connectivity index (χ2v) is 12.8. The number of carbonyl (C=O) groups is 1. The largest absolute Gasteiger partial charge is 0.354 e. The van der Waals surface area contributed by atoms with E-state index in [1.165, 1.54) is 6.42 Å². The molecule has 1 aromatic heterocycles. The molecule has 7 heteroatoms. The third-order valence-electron chi connectivity index (χ3n) is 7.38. The van der Waals surface area contributed by atoms with Crippen LogP contribution in [0.5, 0.6) is 0 Å². The first-order chi connectivity index (χ1) is 19.2. The van der Waals surface area contributed by atoms with Gasteiger partial charge >= 0.3 is 0 Å². The minimum absolute atomic E-state index is 0.0634. The monoisotopic (exact) mass is 553 g/mol. The van der Waals surface area contributed by atoms with Gasteiger partial charge in [-0.2, -0.15) is 0 Å². The van der Waals surface area contributed by atoms with E-state index >= 15 is 0 Å². The maximum Gasteiger partial charge on any atom is 0.243 e. The quantitative estimate of drug-likeness (QED) is 0.210. The number of carbonyl (C=O) groups excluding carboxylic acids is 1. The standard InChI is InChI=1S/C32H31N3O2S2/c36-29-28(30(34-29)37-23-31(38-20-11-21-39-31)27-18-10-19-33-22-27)35-32(24-12-4-1-5-13-24,25-14-6-2-7-15-25)26-16-8-3-9-17-26/h1-10,12-19,22,28,30,35H,11,20-21,23H2,(H,34,36). The van der Waals surface area contributed by atoms with Crippen molar-refractivity contribution in [2.45, 2.75) is 28.3 Å². The zero-order valence-electron chi connectivity index (χ0n) is 21.5. The second-order valence-electron chi connectivity index (χ2n) is 9.76. The molecule has 39 heavy (non-hydrogen) atoms. The molecule has 0 aliphatic carbocycles. The van der Waals surface area contributed by atoms with Crippen LogP contribution < -0.4 is 10.6 Å². The summed E-state index contributed by atoms with van der Waals surface area (Å²) in [5.74, 6) is 2.08. The number of rotatable bonds is 9. The molecule has 2 fully saturated rings. The van der Waals surface area contributed by atoms with Gasteiger partial charge in [-0.15, -0.1) is 23.5 Å². The summed E-state index contributed by atoms with van der Waals surface area (Å²) in [5.41, 5.74) is 3.59. The number of ether oxygens (including phenoxy) is 1. The van der Waals surface area contributed by atoms with Crippen molar-refractivity contribution in [2.75, 3.05) is 18.1 Å². The summed E-state index contributed by atoms with van der Waals surface area (Å²) in [5, 5.41) is 6.81. The van der Waals surface area contributed by atoms with Gasteiger partial charge in [-0.25, -0.2) is 0 Å². The first kappa shape index (κ1) is 26.1. The molecule has 3 heterocycles. The Morgan fingerprint density at radius 1 is 0.846 bits per heavy atom. The molecule has 2 atom stereocenters. The Bertz CT molecular complexity index is 1270. The van der Waals surface area contributed by atoms with Crippen molar-refractivity contribution in [2.24, 2.45) is 0 Å². The van der Waals surface area contributed by atoms with E-state index < -0.39 is 17.8 Å². The molecule has 0 radical (unpaired) electrons. The van der Waals surface area contributed by atoms with E-state index in [0.717, 1.165) is 33.8 Å². The van der Waals surface area contributed by atoms with Crippen LogP contribution in [0.4, 0.5) is 0 Å². The van der Waals surface area contributed by atoms with E-state index in [4.69, 9.17) is 4.74 Å². The fourth-order valence-corrected chi connectivity index (χ4v) is 8.51. The van der Waals surface area contributed by atoms with Gasteiger partial charge in [0.05, 0.1) is 12.1 Å². The zero-order chi connectivity index (χ0) is 26.5. The fraction of sp³-hybridized carbons (Fsp3) is 0.250. The van der Waals surface area contributed by atoms with Crippen LogP contribution in [0.2, 0.25) is 0 Å². The van der Waals surface area contributed by atoms with Gasteiger partial charge in [-0.1, -0.05) is 97.1 Å². The maximum absolute atomic E-state index is 13.1. The summed E-state index contributed by atoms with van der Waals surface area (Å²) in [4.78, 5) is 17.5. The number of nitrogens with zero attached hydrogens (tertiary/aromatic N) is 1. The number of nitrogens with one attached hydrogen (secondary N) is 2. The molecule has 6 rings (SSSR count). The Hall–Kier alpha value is -3.10. The molecule has 0 bridgehead atoms. The predicted octanol–water partition coefficient (Wildman–Crippen LogP) is 5.53. The van der Waals surface area contributed by atoms with Crippen molar-refractivity contribution in [3.05, 3.63) is 138 Å². The number of aromatic nitrogens is 1. The minimum atomic E-state index is -0.747. The van der Waals surface area contributed by atoms with Crippen molar-refractivity contribution in [3.8, 4) is 0 Å². The van der Waals surface area contributed by atoms with Crippen LogP contribution in [-0.4, -0.2) is 41.3 Å². The van der Waals surface area contributed by atoms with E-state index in [2.05, 4.69) is 58.1 Å². The first-order valence-electron chi connectivity index (χ1n) is 13.3. The highest BCUT2D eigenvalue weighted by Crippen LogP contribution is 2.50. The Kier molecular flexibility index (Phi) is 7.75. The molecule has 2 N–H and O–H groups in total. The Morgan fingerprint density at radius 2 is 1.41 bits per heavy atom. The number of hydrogen-bond donors (Lipinski definition) is 2. The number of thioether (sulfide) groups is 2. The van der Waals surface area contributed by atoms with Crippen molar-refractivity contribution in [1.82, 2.24) is 15.6 Å². The Balaban J connectivity index is 1.34. The predicted molar refractivity (Wildman–Crippen MR) is 159 cm³/mol. The van der Waals surface area contributed by atoms with Crippen LogP contribution in [0.15, 0.2) is 116 Å². The van der Waals surface area contributed by atoms with E-state index in [0.29, 0.717) is 6.61 Å².